The van der Waals surface area contributed by atoms with Crippen LogP contribution in [0.25, 0.3) is 0 Å². The molecule has 2 aliphatic rings. The van der Waals surface area contributed by atoms with Gasteiger partial charge < -0.3 is 20.4 Å². The number of fused-ring (bicyclic) bond motifs is 1. The molecule has 2 aliphatic heterocycles. The van der Waals surface area contributed by atoms with E-state index in [4.69, 9.17) is 5.26 Å². The van der Waals surface area contributed by atoms with Gasteiger partial charge in [0.25, 0.3) is 0 Å². The summed E-state index contributed by atoms with van der Waals surface area (Å²) in [4.78, 5) is 47.5. The summed E-state index contributed by atoms with van der Waals surface area (Å²) in [6.45, 7) is 3.33. The standard InChI is InChI=1S/C29H30IN7O3/c1-19-32-17-25-18-36(29(40)37(19)25)24-10-12-35(13-11-24)27(38)26(14-20-2-4-22(16-31)5-3-20)34-28(39)33-23-8-6-21(15-30)7-9-23/h2-9,17,24,26H,10-15,18H2,1H3,(H2,33,34,39)/t26-/m1/s1. The van der Waals surface area contributed by atoms with Gasteiger partial charge in [0.05, 0.1) is 30.1 Å². The SMILES string of the molecule is Cc1ncc2n1C(=O)N(C1CCN(C(=O)[C@@H](Cc3ccc(C#N)cc3)NC(=O)Nc3ccc(CI)cc3)CC1)C2. The average molecular weight is 652 g/mol. The number of amides is 4. The largest absolute Gasteiger partial charge is 0.341 e. The predicted octanol–water partition coefficient (Wildman–Crippen LogP) is 4.21. The van der Waals surface area contributed by atoms with Gasteiger partial charge in [0.2, 0.25) is 5.91 Å². The van der Waals surface area contributed by atoms with Crippen LogP contribution in [0, 0.1) is 18.3 Å². The lowest BCUT2D eigenvalue weighted by molar-refractivity contribution is -0.134. The molecule has 0 bridgehead atoms. The van der Waals surface area contributed by atoms with Crippen molar-refractivity contribution in [3.05, 3.63) is 82.9 Å². The minimum Gasteiger partial charge on any atom is -0.341 e. The Morgan fingerprint density at radius 2 is 1.77 bits per heavy atom. The van der Waals surface area contributed by atoms with Crippen molar-refractivity contribution in [2.24, 2.45) is 0 Å². The van der Waals surface area contributed by atoms with Crippen LogP contribution >= 0.6 is 22.6 Å². The predicted molar refractivity (Wildman–Crippen MR) is 158 cm³/mol. The maximum absolute atomic E-state index is 13.7. The van der Waals surface area contributed by atoms with E-state index >= 15 is 0 Å². The van der Waals surface area contributed by atoms with Crippen molar-refractivity contribution in [3.8, 4) is 6.07 Å². The van der Waals surface area contributed by atoms with Crippen LogP contribution in [-0.4, -0.2) is 62.5 Å². The summed E-state index contributed by atoms with van der Waals surface area (Å²) in [5.74, 6) is 0.517. The summed E-state index contributed by atoms with van der Waals surface area (Å²) in [7, 11) is 0. The lowest BCUT2D eigenvalue weighted by Crippen LogP contribution is -2.54. The highest BCUT2D eigenvalue weighted by Crippen LogP contribution is 2.26. The molecule has 206 valence electrons. The summed E-state index contributed by atoms with van der Waals surface area (Å²) in [6, 6.07) is 15.4. The number of imidazole rings is 1. The van der Waals surface area contributed by atoms with Crippen molar-refractivity contribution >= 4 is 46.2 Å². The van der Waals surface area contributed by atoms with Crippen LogP contribution in [0.3, 0.4) is 0 Å². The summed E-state index contributed by atoms with van der Waals surface area (Å²) in [6.07, 6.45) is 3.35. The van der Waals surface area contributed by atoms with E-state index in [1.165, 1.54) is 0 Å². The van der Waals surface area contributed by atoms with E-state index in [-0.39, 0.29) is 24.4 Å². The Hall–Kier alpha value is -3.92. The molecule has 0 saturated carbocycles. The van der Waals surface area contributed by atoms with E-state index in [9.17, 15) is 14.4 Å². The van der Waals surface area contributed by atoms with Gasteiger partial charge in [0, 0.05) is 35.7 Å². The smallest absolute Gasteiger partial charge is 0.330 e. The third-order valence-corrected chi connectivity index (χ3v) is 8.37. The highest BCUT2D eigenvalue weighted by atomic mass is 127. The van der Waals surface area contributed by atoms with Crippen molar-refractivity contribution < 1.29 is 14.4 Å². The van der Waals surface area contributed by atoms with E-state index in [1.54, 1.807) is 39.9 Å². The van der Waals surface area contributed by atoms with Crippen molar-refractivity contribution in [1.82, 2.24) is 24.7 Å². The fourth-order valence-corrected chi connectivity index (χ4v) is 5.80. The Bertz CT molecular complexity index is 1440. The van der Waals surface area contributed by atoms with Crippen molar-refractivity contribution in [2.75, 3.05) is 18.4 Å². The van der Waals surface area contributed by atoms with Gasteiger partial charge in [0.1, 0.15) is 11.9 Å². The highest BCUT2D eigenvalue weighted by Gasteiger charge is 2.37. The molecule has 0 unspecified atom stereocenters. The molecule has 0 aliphatic carbocycles. The monoisotopic (exact) mass is 651 g/mol. The fraction of sp³-hybridized carbons (Fsp3) is 0.345. The summed E-state index contributed by atoms with van der Waals surface area (Å²) >= 11 is 2.28. The Morgan fingerprint density at radius 3 is 2.40 bits per heavy atom. The van der Waals surface area contributed by atoms with Gasteiger partial charge in [-0.25, -0.2) is 14.6 Å². The molecule has 3 heterocycles. The van der Waals surface area contributed by atoms with E-state index in [2.05, 4.69) is 44.3 Å². The number of aromatic nitrogens is 2. The molecule has 1 aromatic heterocycles. The molecule has 1 atom stereocenters. The number of anilines is 1. The molecular formula is C29H30IN7O3. The average Bonchev–Trinajstić information content (AvgIpc) is 3.52. The summed E-state index contributed by atoms with van der Waals surface area (Å²) in [5.41, 5.74) is 4.06. The number of hydrogen-bond acceptors (Lipinski definition) is 5. The van der Waals surface area contributed by atoms with Crippen LogP contribution in [0.5, 0.6) is 0 Å². The molecule has 4 amide bonds. The first kappa shape index (κ1) is 27.6. The minimum absolute atomic E-state index is 0.0367. The van der Waals surface area contributed by atoms with Crippen molar-refractivity contribution in [1.29, 1.82) is 5.26 Å². The molecule has 11 heteroatoms. The lowest BCUT2D eigenvalue weighted by atomic mass is 10.00. The van der Waals surface area contributed by atoms with Crippen LogP contribution in [0.2, 0.25) is 0 Å². The second kappa shape index (κ2) is 12.1. The van der Waals surface area contributed by atoms with Gasteiger partial charge in [-0.2, -0.15) is 5.26 Å². The number of aryl methyl sites for hydroxylation is 1. The molecule has 0 radical (unpaired) electrons. The van der Waals surface area contributed by atoms with E-state index < -0.39 is 12.1 Å². The maximum atomic E-state index is 13.7. The Morgan fingerprint density at radius 1 is 1.10 bits per heavy atom. The first-order valence-corrected chi connectivity index (χ1v) is 14.7. The number of nitriles is 1. The molecular weight excluding hydrogens is 621 g/mol. The highest BCUT2D eigenvalue weighted by molar-refractivity contribution is 14.1. The van der Waals surface area contributed by atoms with E-state index in [1.807, 2.05) is 36.1 Å². The third-order valence-electron chi connectivity index (χ3n) is 7.49. The zero-order valence-electron chi connectivity index (χ0n) is 22.1. The van der Waals surface area contributed by atoms with Gasteiger partial charge in [-0.05, 0) is 55.2 Å². The number of carbonyl (C=O) groups excluding carboxylic acids is 3. The third kappa shape index (κ3) is 5.96. The van der Waals surface area contributed by atoms with E-state index in [0.717, 1.165) is 21.2 Å². The number of halogens is 1. The minimum atomic E-state index is -0.791. The van der Waals surface area contributed by atoms with Gasteiger partial charge >= 0.3 is 12.1 Å². The zero-order chi connectivity index (χ0) is 28.2. The zero-order valence-corrected chi connectivity index (χ0v) is 24.3. The Balaban J connectivity index is 1.24. The molecule has 40 heavy (non-hydrogen) atoms. The molecule has 0 spiro atoms. The summed E-state index contributed by atoms with van der Waals surface area (Å²) < 4.78 is 2.53. The van der Waals surface area contributed by atoms with Crippen molar-refractivity contribution in [2.45, 2.75) is 49.2 Å². The topological polar surface area (TPSA) is 123 Å². The molecule has 5 rings (SSSR count). The van der Waals surface area contributed by atoms with Gasteiger partial charge in [-0.15, -0.1) is 0 Å². The first-order valence-electron chi connectivity index (χ1n) is 13.2. The fourth-order valence-electron chi connectivity index (χ4n) is 5.29. The number of nitrogens with zero attached hydrogens (tertiary/aromatic N) is 5. The number of rotatable bonds is 7. The number of nitrogens with one attached hydrogen (secondary N) is 2. The number of urea groups is 1. The number of hydrogen-bond donors (Lipinski definition) is 2. The van der Waals surface area contributed by atoms with Crippen LogP contribution in [-0.2, 0) is 22.2 Å². The molecule has 3 aromatic rings. The summed E-state index contributed by atoms with van der Waals surface area (Å²) in [5, 5.41) is 14.8. The lowest BCUT2D eigenvalue weighted by Gasteiger charge is -2.37. The second-order valence-corrected chi connectivity index (χ2v) is 10.9. The second-order valence-electron chi connectivity index (χ2n) is 10.1. The molecule has 10 nitrogen and oxygen atoms in total. The number of alkyl halides is 1. The maximum Gasteiger partial charge on any atom is 0.330 e. The van der Waals surface area contributed by atoms with Crippen LogP contribution in [0.1, 0.15) is 41.1 Å². The molecule has 2 aromatic carbocycles. The normalized spacial score (nSPS) is 15.9. The first-order chi connectivity index (χ1) is 19.4. The van der Waals surface area contributed by atoms with Crippen LogP contribution in [0.4, 0.5) is 15.3 Å². The van der Waals surface area contributed by atoms with Crippen molar-refractivity contribution in [3.63, 3.8) is 0 Å². The molecule has 1 saturated heterocycles. The number of piperidine rings is 1. The Kier molecular flexibility index (Phi) is 8.35. The number of likely N-dealkylation sites (tertiary alicyclic amines) is 1. The van der Waals surface area contributed by atoms with Crippen LogP contribution in [0.15, 0.2) is 54.7 Å². The number of benzene rings is 2. The van der Waals surface area contributed by atoms with Gasteiger partial charge in [-0.1, -0.05) is 46.9 Å². The number of carbonyl (C=O) groups is 3. The molecule has 2 N–H and O–H groups in total. The quantitative estimate of drug-likeness (QED) is 0.293. The Labute approximate surface area is 246 Å². The molecule has 1 fully saturated rings. The van der Waals surface area contributed by atoms with Gasteiger partial charge in [-0.3, -0.25) is 9.36 Å². The van der Waals surface area contributed by atoms with E-state index in [0.29, 0.717) is 49.6 Å². The van der Waals surface area contributed by atoms with Gasteiger partial charge in [0.15, 0.2) is 0 Å². The van der Waals surface area contributed by atoms with Crippen LogP contribution < -0.4 is 10.6 Å².